The van der Waals surface area contributed by atoms with Crippen molar-refractivity contribution in [3.63, 3.8) is 0 Å². The lowest BCUT2D eigenvalue weighted by Crippen LogP contribution is -2.10. The summed E-state index contributed by atoms with van der Waals surface area (Å²) in [5.74, 6) is -0.549. The van der Waals surface area contributed by atoms with Crippen LogP contribution in [-0.2, 0) is 6.54 Å². The van der Waals surface area contributed by atoms with Gasteiger partial charge in [-0.05, 0) is 40.5 Å². The largest absolute Gasteiger partial charge is 0.382 e. The van der Waals surface area contributed by atoms with Crippen LogP contribution in [0.3, 0.4) is 0 Å². The van der Waals surface area contributed by atoms with Gasteiger partial charge in [-0.15, -0.1) is 0 Å². The third-order valence-corrected chi connectivity index (χ3v) is 3.57. The van der Waals surface area contributed by atoms with Crippen LogP contribution in [0, 0.1) is 5.82 Å². The van der Waals surface area contributed by atoms with Gasteiger partial charge >= 0.3 is 0 Å². The number of aryl methyl sites for hydroxylation is 1. The number of rotatable bonds is 3. The molecule has 1 N–H and O–H groups in total. The molecule has 0 aliphatic heterocycles. The van der Waals surface area contributed by atoms with E-state index in [2.05, 4.69) is 21.0 Å². The van der Waals surface area contributed by atoms with Crippen molar-refractivity contribution in [1.82, 2.24) is 9.78 Å². The first-order chi connectivity index (χ1) is 8.54. The van der Waals surface area contributed by atoms with Crippen LogP contribution >= 0.6 is 27.5 Å². The maximum atomic E-state index is 13.4. The van der Waals surface area contributed by atoms with Gasteiger partial charge in [-0.25, -0.2) is 4.39 Å². The Hall–Kier alpha value is -0.910. The lowest BCUT2D eigenvalue weighted by atomic mass is 10.1. The molecule has 0 radical (unpaired) electrons. The minimum Gasteiger partial charge on any atom is -0.382 e. The average Bonchev–Trinajstić information content (AvgIpc) is 2.73. The summed E-state index contributed by atoms with van der Waals surface area (Å²) in [6.07, 6.45) is 0.655. The lowest BCUT2D eigenvalue weighted by molar-refractivity contribution is 0.206. The van der Waals surface area contributed by atoms with Gasteiger partial charge in [-0.3, -0.25) is 4.68 Å². The Bertz CT molecular complexity index is 573. The van der Waals surface area contributed by atoms with Crippen LogP contribution in [0.1, 0.15) is 24.3 Å². The summed E-state index contributed by atoms with van der Waals surface area (Å²) in [5, 5.41) is 14.4. The smallest absolute Gasteiger partial charge is 0.142 e. The number of halogens is 3. The second-order valence-electron chi connectivity index (χ2n) is 3.77. The molecule has 1 aromatic heterocycles. The van der Waals surface area contributed by atoms with Crippen LogP contribution in [0.2, 0.25) is 5.02 Å². The molecule has 0 fully saturated rings. The van der Waals surface area contributed by atoms with Crippen LogP contribution < -0.4 is 0 Å². The third-order valence-electron chi connectivity index (χ3n) is 2.65. The van der Waals surface area contributed by atoms with E-state index < -0.39 is 11.9 Å². The molecule has 3 nitrogen and oxygen atoms in total. The van der Waals surface area contributed by atoms with E-state index in [9.17, 15) is 9.50 Å². The zero-order chi connectivity index (χ0) is 13.3. The predicted molar refractivity (Wildman–Crippen MR) is 71.1 cm³/mol. The topological polar surface area (TPSA) is 38.0 Å². The van der Waals surface area contributed by atoms with Crippen molar-refractivity contribution in [3.05, 3.63) is 51.0 Å². The molecular formula is C12H11BrClFN2O. The van der Waals surface area contributed by atoms with Gasteiger partial charge in [-0.2, -0.15) is 5.10 Å². The highest BCUT2D eigenvalue weighted by Gasteiger charge is 2.19. The summed E-state index contributed by atoms with van der Waals surface area (Å²) in [7, 11) is 0. The fourth-order valence-electron chi connectivity index (χ4n) is 1.74. The Labute approximate surface area is 117 Å². The molecule has 6 heteroatoms. The Morgan fingerprint density at radius 2 is 2.28 bits per heavy atom. The van der Waals surface area contributed by atoms with E-state index in [0.29, 0.717) is 22.3 Å². The van der Waals surface area contributed by atoms with Crippen LogP contribution in [0.5, 0.6) is 0 Å². The van der Waals surface area contributed by atoms with Crippen molar-refractivity contribution < 1.29 is 9.50 Å². The molecule has 1 atom stereocenters. The molecule has 96 valence electrons. The number of aliphatic hydroxyl groups excluding tert-OH is 1. The normalized spacial score (nSPS) is 12.7. The van der Waals surface area contributed by atoms with Gasteiger partial charge in [-0.1, -0.05) is 17.7 Å². The minimum absolute atomic E-state index is 0.0361. The van der Waals surface area contributed by atoms with Crippen molar-refractivity contribution >= 4 is 27.5 Å². The van der Waals surface area contributed by atoms with E-state index in [1.807, 2.05) is 6.92 Å². The molecule has 0 saturated carbocycles. The average molecular weight is 334 g/mol. The van der Waals surface area contributed by atoms with Crippen LogP contribution in [0.15, 0.2) is 28.9 Å². The summed E-state index contributed by atoms with van der Waals surface area (Å²) in [6, 6.07) is 4.25. The third kappa shape index (κ3) is 2.43. The molecule has 0 aliphatic rings. The second kappa shape index (κ2) is 5.38. The number of hydrogen-bond acceptors (Lipinski definition) is 2. The Balaban J connectivity index is 2.44. The van der Waals surface area contributed by atoms with Crippen LogP contribution in [-0.4, -0.2) is 14.9 Å². The molecule has 1 aromatic carbocycles. The Morgan fingerprint density at radius 3 is 2.89 bits per heavy atom. The maximum Gasteiger partial charge on any atom is 0.142 e. The van der Waals surface area contributed by atoms with Crippen molar-refractivity contribution in [2.45, 2.75) is 19.6 Å². The number of aromatic nitrogens is 2. The second-order valence-corrected chi connectivity index (χ2v) is 5.03. The molecule has 0 amide bonds. The van der Waals surface area contributed by atoms with E-state index in [0.717, 1.165) is 0 Å². The molecule has 18 heavy (non-hydrogen) atoms. The minimum atomic E-state index is -0.950. The Morgan fingerprint density at radius 1 is 1.56 bits per heavy atom. The van der Waals surface area contributed by atoms with Crippen molar-refractivity contribution in [1.29, 1.82) is 0 Å². The number of aliphatic hydroxyl groups is 1. The molecule has 2 aromatic rings. The fraction of sp³-hybridized carbons (Fsp3) is 0.250. The predicted octanol–water partition coefficient (Wildman–Crippen LogP) is 3.54. The number of nitrogens with zero attached hydrogens (tertiary/aromatic N) is 2. The molecule has 0 aliphatic carbocycles. The van der Waals surface area contributed by atoms with E-state index in [1.165, 1.54) is 12.1 Å². The molecular weight excluding hydrogens is 322 g/mol. The van der Waals surface area contributed by atoms with E-state index in [4.69, 9.17) is 11.6 Å². The van der Waals surface area contributed by atoms with Gasteiger partial charge in [0, 0.05) is 6.54 Å². The molecule has 0 saturated heterocycles. The van der Waals surface area contributed by atoms with Crippen LogP contribution in [0.25, 0.3) is 0 Å². The highest BCUT2D eigenvalue weighted by molar-refractivity contribution is 9.10. The van der Waals surface area contributed by atoms with E-state index in [1.54, 1.807) is 16.9 Å². The maximum absolute atomic E-state index is 13.4. The standard InChI is InChI=1S/C12H11BrClFN2O/c1-2-17-11(8(13)6-16-17)12(18)7-3-4-9(14)10(15)5-7/h3-6,12,18H,2H2,1H3. The quantitative estimate of drug-likeness (QED) is 0.933. The van der Waals surface area contributed by atoms with Gasteiger partial charge < -0.3 is 5.11 Å². The zero-order valence-corrected chi connectivity index (χ0v) is 11.9. The van der Waals surface area contributed by atoms with E-state index in [-0.39, 0.29) is 5.02 Å². The Kier molecular flexibility index (Phi) is 4.04. The van der Waals surface area contributed by atoms with Crippen molar-refractivity contribution in [3.8, 4) is 0 Å². The zero-order valence-electron chi connectivity index (χ0n) is 9.57. The summed E-state index contributed by atoms with van der Waals surface area (Å²) in [4.78, 5) is 0. The molecule has 0 spiro atoms. The monoisotopic (exact) mass is 332 g/mol. The van der Waals surface area contributed by atoms with Gasteiger partial charge in [0.15, 0.2) is 0 Å². The first-order valence-electron chi connectivity index (χ1n) is 5.38. The first-order valence-corrected chi connectivity index (χ1v) is 6.56. The molecule has 1 unspecified atom stereocenters. The fourth-order valence-corrected chi connectivity index (χ4v) is 2.37. The van der Waals surface area contributed by atoms with Crippen LogP contribution in [0.4, 0.5) is 4.39 Å². The molecule has 0 bridgehead atoms. The molecule has 2 rings (SSSR count). The van der Waals surface area contributed by atoms with E-state index >= 15 is 0 Å². The van der Waals surface area contributed by atoms with Crippen molar-refractivity contribution in [2.75, 3.05) is 0 Å². The SMILES string of the molecule is CCn1ncc(Br)c1C(O)c1ccc(Cl)c(F)c1. The number of benzene rings is 1. The number of hydrogen-bond donors (Lipinski definition) is 1. The first kappa shape index (κ1) is 13.5. The van der Waals surface area contributed by atoms with Gasteiger partial charge in [0.25, 0.3) is 0 Å². The lowest BCUT2D eigenvalue weighted by Gasteiger charge is -2.14. The highest BCUT2D eigenvalue weighted by atomic mass is 79.9. The molecule has 1 heterocycles. The van der Waals surface area contributed by atoms with Gasteiger partial charge in [0.2, 0.25) is 0 Å². The summed E-state index contributed by atoms with van der Waals surface area (Å²) >= 11 is 8.94. The van der Waals surface area contributed by atoms with Gasteiger partial charge in [0.05, 0.1) is 21.4 Å². The summed E-state index contributed by atoms with van der Waals surface area (Å²) in [5.41, 5.74) is 1.03. The van der Waals surface area contributed by atoms with Crippen molar-refractivity contribution in [2.24, 2.45) is 0 Å². The summed E-state index contributed by atoms with van der Waals surface area (Å²) < 4.78 is 15.7. The summed E-state index contributed by atoms with van der Waals surface area (Å²) in [6.45, 7) is 2.53. The van der Waals surface area contributed by atoms with Gasteiger partial charge in [0.1, 0.15) is 11.9 Å². The highest BCUT2D eigenvalue weighted by Crippen LogP contribution is 2.30.